The SMILES string of the molecule is O=C(CCc1cccc(Cl)c1)Nc1ncccn1. The zero-order valence-corrected chi connectivity index (χ0v) is 10.4. The number of nitrogens with one attached hydrogen (secondary N) is 1. The minimum atomic E-state index is -0.110. The number of aryl methyl sites for hydroxylation is 1. The van der Waals surface area contributed by atoms with Crippen molar-refractivity contribution in [3.8, 4) is 0 Å². The second-order valence-corrected chi connectivity index (χ2v) is 4.19. The van der Waals surface area contributed by atoms with Crippen LogP contribution in [0.5, 0.6) is 0 Å². The molecule has 4 nitrogen and oxygen atoms in total. The summed E-state index contributed by atoms with van der Waals surface area (Å²) in [5, 5.41) is 3.31. The van der Waals surface area contributed by atoms with Crippen LogP contribution in [0.15, 0.2) is 42.7 Å². The minimum absolute atomic E-state index is 0.110. The summed E-state index contributed by atoms with van der Waals surface area (Å²) in [6.07, 6.45) is 4.18. The molecule has 0 unspecified atom stereocenters. The monoisotopic (exact) mass is 261 g/mol. The number of aromatic nitrogens is 2. The van der Waals surface area contributed by atoms with Gasteiger partial charge in [0.2, 0.25) is 11.9 Å². The maximum Gasteiger partial charge on any atom is 0.229 e. The molecule has 5 heteroatoms. The Morgan fingerprint density at radius 2 is 2.00 bits per heavy atom. The number of carbonyl (C=O) groups excluding carboxylic acids is 1. The minimum Gasteiger partial charge on any atom is -0.295 e. The van der Waals surface area contributed by atoms with Crippen LogP contribution in [0.1, 0.15) is 12.0 Å². The molecule has 0 aliphatic rings. The Morgan fingerprint density at radius 1 is 1.22 bits per heavy atom. The van der Waals surface area contributed by atoms with Gasteiger partial charge in [-0.15, -0.1) is 0 Å². The molecule has 0 saturated carbocycles. The Morgan fingerprint density at radius 3 is 2.72 bits per heavy atom. The second kappa shape index (κ2) is 6.12. The molecule has 1 amide bonds. The Labute approximate surface area is 110 Å². The zero-order chi connectivity index (χ0) is 12.8. The Hall–Kier alpha value is -1.94. The van der Waals surface area contributed by atoms with Crippen molar-refractivity contribution in [1.29, 1.82) is 0 Å². The lowest BCUT2D eigenvalue weighted by atomic mass is 10.1. The third-order valence-electron chi connectivity index (χ3n) is 2.35. The van der Waals surface area contributed by atoms with Gasteiger partial charge in [0.1, 0.15) is 0 Å². The molecule has 0 radical (unpaired) electrons. The van der Waals surface area contributed by atoms with E-state index in [-0.39, 0.29) is 5.91 Å². The molecule has 0 aliphatic heterocycles. The number of hydrogen-bond donors (Lipinski definition) is 1. The maximum absolute atomic E-state index is 11.6. The Kier molecular flexibility index (Phi) is 4.25. The first kappa shape index (κ1) is 12.5. The lowest BCUT2D eigenvalue weighted by molar-refractivity contribution is -0.116. The van der Waals surface area contributed by atoms with Gasteiger partial charge in [-0.3, -0.25) is 10.1 Å². The number of halogens is 1. The Bertz CT molecular complexity index is 531. The second-order valence-electron chi connectivity index (χ2n) is 3.75. The third-order valence-corrected chi connectivity index (χ3v) is 2.58. The molecule has 2 rings (SSSR count). The van der Waals surface area contributed by atoms with Gasteiger partial charge in [0.05, 0.1) is 0 Å². The molecule has 0 bridgehead atoms. The van der Waals surface area contributed by atoms with Gasteiger partial charge >= 0.3 is 0 Å². The van der Waals surface area contributed by atoms with E-state index in [1.807, 2.05) is 24.3 Å². The molecule has 1 aromatic heterocycles. The number of rotatable bonds is 4. The molecule has 0 spiro atoms. The molecule has 18 heavy (non-hydrogen) atoms. The van der Waals surface area contributed by atoms with E-state index in [0.29, 0.717) is 23.8 Å². The summed E-state index contributed by atoms with van der Waals surface area (Å²) >= 11 is 5.87. The molecule has 1 aromatic carbocycles. The van der Waals surface area contributed by atoms with Gasteiger partial charge in [-0.2, -0.15) is 0 Å². The number of carbonyl (C=O) groups is 1. The van der Waals surface area contributed by atoms with Gasteiger partial charge in [-0.05, 0) is 30.2 Å². The first-order chi connectivity index (χ1) is 8.74. The molecule has 1 heterocycles. The summed E-state index contributed by atoms with van der Waals surface area (Å²) in [4.78, 5) is 19.5. The van der Waals surface area contributed by atoms with Crippen LogP contribution in [0.25, 0.3) is 0 Å². The van der Waals surface area contributed by atoms with Crippen molar-refractivity contribution in [2.45, 2.75) is 12.8 Å². The highest BCUT2D eigenvalue weighted by Crippen LogP contribution is 2.12. The van der Waals surface area contributed by atoms with Gasteiger partial charge < -0.3 is 0 Å². The van der Waals surface area contributed by atoms with E-state index in [4.69, 9.17) is 11.6 Å². The molecule has 0 saturated heterocycles. The van der Waals surface area contributed by atoms with Crippen LogP contribution >= 0.6 is 11.6 Å². The van der Waals surface area contributed by atoms with Crippen LogP contribution in [0, 0.1) is 0 Å². The third kappa shape index (κ3) is 3.82. The van der Waals surface area contributed by atoms with Gasteiger partial charge in [0.25, 0.3) is 0 Å². The Balaban J connectivity index is 1.85. The van der Waals surface area contributed by atoms with E-state index < -0.39 is 0 Å². The summed E-state index contributed by atoms with van der Waals surface area (Å²) < 4.78 is 0. The fraction of sp³-hybridized carbons (Fsp3) is 0.154. The van der Waals surface area contributed by atoms with Crippen LogP contribution in [-0.4, -0.2) is 15.9 Å². The van der Waals surface area contributed by atoms with E-state index in [1.165, 1.54) is 0 Å². The number of amides is 1. The van der Waals surface area contributed by atoms with Crippen molar-refractivity contribution in [2.24, 2.45) is 0 Å². The van der Waals surface area contributed by atoms with Crippen molar-refractivity contribution in [3.05, 3.63) is 53.3 Å². The van der Waals surface area contributed by atoms with E-state index in [2.05, 4.69) is 15.3 Å². The highest BCUT2D eigenvalue weighted by molar-refractivity contribution is 6.30. The number of nitrogens with zero attached hydrogens (tertiary/aromatic N) is 2. The first-order valence-corrected chi connectivity index (χ1v) is 5.93. The largest absolute Gasteiger partial charge is 0.295 e. The lowest BCUT2D eigenvalue weighted by Gasteiger charge is -2.03. The molecule has 0 atom stereocenters. The van der Waals surface area contributed by atoms with Crippen LogP contribution in [-0.2, 0) is 11.2 Å². The molecular weight excluding hydrogens is 250 g/mol. The molecule has 0 fully saturated rings. The predicted octanol–water partition coefficient (Wildman–Crippen LogP) is 2.70. The van der Waals surface area contributed by atoms with Crippen molar-refractivity contribution < 1.29 is 4.79 Å². The summed E-state index contributed by atoms with van der Waals surface area (Å²) in [5.41, 5.74) is 1.03. The highest BCUT2D eigenvalue weighted by atomic mass is 35.5. The molecular formula is C13H12ClN3O. The normalized spacial score (nSPS) is 10.1. The van der Waals surface area contributed by atoms with Crippen molar-refractivity contribution >= 4 is 23.5 Å². The number of anilines is 1. The van der Waals surface area contributed by atoms with E-state index in [0.717, 1.165) is 5.56 Å². The smallest absolute Gasteiger partial charge is 0.229 e. The fourth-order valence-electron chi connectivity index (χ4n) is 1.50. The summed E-state index contributed by atoms with van der Waals surface area (Å²) in [5.74, 6) is 0.217. The van der Waals surface area contributed by atoms with Crippen LogP contribution in [0.4, 0.5) is 5.95 Å². The molecule has 1 N–H and O–H groups in total. The number of benzene rings is 1. The van der Waals surface area contributed by atoms with Crippen molar-refractivity contribution in [2.75, 3.05) is 5.32 Å². The van der Waals surface area contributed by atoms with Crippen molar-refractivity contribution in [3.63, 3.8) is 0 Å². The predicted molar refractivity (Wildman–Crippen MR) is 70.4 cm³/mol. The fourth-order valence-corrected chi connectivity index (χ4v) is 1.71. The molecule has 2 aromatic rings. The van der Waals surface area contributed by atoms with Gasteiger partial charge in [0.15, 0.2) is 0 Å². The standard InChI is InChI=1S/C13H12ClN3O/c14-11-4-1-3-10(9-11)5-6-12(18)17-13-15-7-2-8-16-13/h1-4,7-9H,5-6H2,(H,15,16,17,18). The average molecular weight is 262 g/mol. The summed E-state index contributed by atoms with van der Waals surface area (Å²) in [6, 6.07) is 9.17. The molecule has 0 aliphatic carbocycles. The molecule has 92 valence electrons. The van der Waals surface area contributed by atoms with E-state index >= 15 is 0 Å². The summed E-state index contributed by atoms with van der Waals surface area (Å²) in [6.45, 7) is 0. The zero-order valence-electron chi connectivity index (χ0n) is 9.64. The van der Waals surface area contributed by atoms with Crippen molar-refractivity contribution in [1.82, 2.24) is 9.97 Å². The van der Waals surface area contributed by atoms with E-state index in [1.54, 1.807) is 18.5 Å². The number of hydrogen-bond acceptors (Lipinski definition) is 3. The average Bonchev–Trinajstić information content (AvgIpc) is 2.38. The van der Waals surface area contributed by atoms with Crippen LogP contribution < -0.4 is 5.32 Å². The van der Waals surface area contributed by atoms with Gasteiger partial charge in [-0.25, -0.2) is 9.97 Å². The quantitative estimate of drug-likeness (QED) is 0.921. The summed E-state index contributed by atoms with van der Waals surface area (Å²) in [7, 11) is 0. The van der Waals surface area contributed by atoms with Crippen LogP contribution in [0.2, 0.25) is 5.02 Å². The van der Waals surface area contributed by atoms with Crippen LogP contribution in [0.3, 0.4) is 0 Å². The lowest BCUT2D eigenvalue weighted by Crippen LogP contribution is -2.14. The van der Waals surface area contributed by atoms with Gasteiger partial charge in [-0.1, -0.05) is 23.7 Å². The van der Waals surface area contributed by atoms with E-state index in [9.17, 15) is 4.79 Å². The highest BCUT2D eigenvalue weighted by Gasteiger charge is 2.04. The topological polar surface area (TPSA) is 54.9 Å². The maximum atomic E-state index is 11.6. The van der Waals surface area contributed by atoms with Gasteiger partial charge in [0, 0.05) is 23.8 Å². The first-order valence-electron chi connectivity index (χ1n) is 5.55.